The quantitative estimate of drug-likeness (QED) is 0.114. The Balaban J connectivity index is 3.75. The number of carboxylic acid groups (broad SMARTS) is 1. The van der Waals surface area contributed by atoms with Crippen molar-refractivity contribution < 1.29 is 43.0 Å². The molecule has 0 radical (unpaired) electrons. The first-order chi connectivity index (χ1) is 15.7. The van der Waals surface area contributed by atoms with Crippen molar-refractivity contribution in [2.75, 3.05) is 33.5 Å². The molecular formula is C22H46NO9P. The summed E-state index contributed by atoms with van der Waals surface area (Å²) in [5.74, 6) is -1.37. The highest BCUT2D eigenvalue weighted by Gasteiger charge is 2.25. The molecule has 0 spiro atoms. The number of nitrogens with two attached hydrogens (primary N) is 1. The van der Waals surface area contributed by atoms with E-state index in [-0.39, 0.29) is 12.7 Å². The number of hydrogen-bond donors (Lipinski definition) is 4. The van der Waals surface area contributed by atoms with E-state index >= 15 is 0 Å². The van der Waals surface area contributed by atoms with Crippen molar-refractivity contribution in [2.45, 2.75) is 102 Å². The van der Waals surface area contributed by atoms with Crippen LogP contribution in [0.25, 0.3) is 0 Å². The van der Waals surface area contributed by atoms with Gasteiger partial charge in [-0.25, -0.2) is 4.57 Å². The fourth-order valence-corrected chi connectivity index (χ4v) is 3.94. The summed E-state index contributed by atoms with van der Waals surface area (Å²) in [7, 11) is -2.90. The van der Waals surface area contributed by atoms with Gasteiger partial charge in [0.1, 0.15) is 12.1 Å². The molecule has 10 nitrogen and oxygen atoms in total. The van der Waals surface area contributed by atoms with Gasteiger partial charge >= 0.3 is 13.8 Å². The lowest BCUT2D eigenvalue weighted by Gasteiger charge is -2.18. The Labute approximate surface area is 198 Å². The Hall–Kier alpha value is -0.580. The molecule has 0 aromatic heterocycles. The van der Waals surface area contributed by atoms with Crippen LogP contribution in [0.15, 0.2) is 0 Å². The third-order valence-electron chi connectivity index (χ3n) is 5.24. The zero-order valence-electron chi connectivity index (χ0n) is 20.4. The summed E-state index contributed by atoms with van der Waals surface area (Å²) in [6.07, 6.45) is 13.7. The van der Waals surface area contributed by atoms with E-state index in [2.05, 4.69) is 16.0 Å². The molecule has 0 bridgehead atoms. The molecule has 0 aromatic carbocycles. The van der Waals surface area contributed by atoms with Gasteiger partial charge in [-0.1, -0.05) is 77.6 Å². The van der Waals surface area contributed by atoms with Crippen LogP contribution < -0.4 is 5.73 Å². The first-order valence-electron chi connectivity index (χ1n) is 12.1. The van der Waals surface area contributed by atoms with E-state index in [9.17, 15) is 19.4 Å². The van der Waals surface area contributed by atoms with E-state index < -0.39 is 39.2 Å². The lowest BCUT2D eigenvalue weighted by Crippen LogP contribution is -2.34. The minimum atomic E-state index is -4.52. The molecule has 0 amide bonds. The van der Waals surface area contributed by atoms with Crippen molar-refractivity contribution in [1.29, 1.82) is 0 Å². The van der Waals surface area contributed by atoms with Crippen molar-refractivity contribution in [3.05, 3.63) is 0 Å². The largest absolute Gasteiger partial charge is 0.480 e. The average molecular weight is 500 g/mol. The zero-order chi connectivity index (χ0) is 25.0. The Morgan fingerprint density at radius 2 is 1.39 bits per heavy atom. The predicted molar refractivity (Wildman–Crippen MR) is 126 cm³/mol. The molecule has 11 heteroatoms. The molecule has 4 atom stereocenters. The number of hydrogen-bond acceptors (Lipinski definition) is 8. The highest BCUT2D eigenvalue weighted by molar-refractivity contribution is 7.47. The van der Waals surface area contributed by atoms with Crippen molar-refractivity contribution in [1.82, 2.24) is 0 Å². The Kier molecular flexibility index (Phi) is 20.4. The van der Waals surface area contributed by atoms with Crippen LogP contribution in [0.4, 0.5) is 0 Å². The molecule has 4 unspecified atom stereocenters. The molecule has 0 rings (SSSR count). The number of rotatable bonds is 24. The van der Waals surface area contributed by atoms with Crippen LogP contribution in [-0.4, -0.2) is 72.9 Å². The number of carboxylic acids is 1. The van der Waals surface area contributed by atoms with Gasteiger partial charge in [0.15, 0.2) is 0 Å². The van der Waals surface area contributed by atoms with Crippen molar-refractivity contribution in [2.24, 2.45) is 5.73 Å². The van der Waals surface area contributed by atoms with Crippen molar-refractivity contribution in [3.8, 4) is 0 Å². The molecule has 0 saturated carbocycles. The Morgan fingerprint density at radius 1 is 0.879 bits per heavy atom. The normalized spacial score (nSPS) is 16.3. The zero-order valence-corrected chi connectivity index (χ0v) is 21.3. The van der Waals surface area contributed by atoms with Gasteiger partial charge in [0.2, 0.25) is 0 Å². The van der Waals surface area contributed by atoms with Crippen LogP contribution in [0, 0.1) is 0 Å². The highest BCUT2D eigenvalue weighted by Crippen LogP contribution is 2.43. The third kappa shape index (κ3) is 20.5. The minimum absolute atomic E-state index is 0.0820. The van der Waals surface area contributed by atoms with E-state index in [1.54, 1.807) is 7.11 Å². The molecule has 0 fully saturated rings. The van der Waals surface area contributed by atoms with Gasteiger partial charge in [0, 0.05) is 7.11 Å². The molecule has 0 aliphatic rings. The fourth-order valence-electron chi connectivity index (χ4n) is 3.15. The standard InChI is InChI=1S/C22H46NO9P/c1-3-4-5-6-7-8-9-10-11-12-13-14-20(29-2)17-30-15-19(24)16-31-33(27,28)32-18-21(23)22(25)26/h19-21,24H,3-18,23H2,1-2H3,(H,25,26)(H,27,28). The maximum absolute atomic E-state index is 11.6. The first kappa shape index (κ1) is 32.4. The van der Waals surface area contributed by atoms with Crippen LogP contribution in [0.3, 0.4) is 0 Å². The third-order valence-corrected chi connectivity index (χ3v) is 6.19. The summed E-state index contributed by atoms with van der Waals surface area (Å²) < 4.78 is 31.6. The van der Waals surface area contributed by atoms with Gasteiger partial charge in [0.25, 0.3) is 0 Å². The first-order valence-corrected chi connectivity index (χ1v) is 13.6. The smallest absolute Gasteiger partial charge is 0.472 e. The summed E-state index contributed by atoms with van der Waals surface area (Å²) in [5.41, 5.74) is 5.18. The van der Waals surface area contributed by atoms with E-state index in [1.165, 1.54) is 57.8 Å². The second kappa shape index (κ2) is 20.8. The Bertz CT molecular complexity index is 524. The maximum atomic E-state index is 11.6. The van der Waals surface area contributed by atoms with E-state index in [0.717, 1.165) is 19.3 Å². The molecule has 33 heavy (non-hydrogen) atoms. The van der Waals surface area contributed by atoms with Crippen molar-refractivity contribution in [3.63, 3.8) is 0 Å². The minimum Gasteiger partial charge on any atom is -0.480 e. The Morgan fingerprint density at radius 3 is 1.91 bits per heavy atom. The summed E-state index contributed by atoms with van der Waals surface area (Å²) in [4.78, 5) is 20.0. The summed E-state index contributed by atoms with van der Waals surface area (Å²) in [6.45, 7) is 1.23. The number of aliphatic hydroxyl groups excluding tert-OH is 1. The van der Waals surface area contributed by atoms with Crippen LogP contribution in [0.2, 0.25) is 0 Å². The van der Waals surface area contributed by atoms with E-state index in [4.69, 9.17) is 20.3 Å². The number of carbonyl (C=O) groups is 1. The number of phosphoric ester groups is 1. The van der Waals surface area contributed by atoms with Gasteiger partial charge in [0.05, 0.1) is 32.5 Å². The average Bonchev–Trinajstić information content (AvgIpc) is 2.78. The topological polar surface area (TPSA) is 158 Å². The number of methoxy groups -OCH3 is 1. The summed E-state index contributed by atoms with van der Waals surface area (Å²) in [5, 5.41) is 18.5. The van der Waals surface area contributed by atoms with Crippen LogP contribution >= 0.6 is 7.82 Å². The molecule has 0 saturated heterocycles. The summed E-state index contributed by atoms with van der Waals surface area (Å²) in [6, 6.07) is -1.45. The van der Waals surface area contributed by atoms with Gasteiger partial charge in [-0.2, -0.15) is 0 Å². The lowest BCUT2D eigenvalue weighted by atomic mass is 10.0. The maximum Gasteiger partial charge on any atom is 0.472 e. The van der Waals surface area contributed by atoms with Crippen LogP contribution in [-0.2, 0) is 27.9 Å². The lowest BCUT2D eigenvalue weighted by molar-refractivity contribution is -0.139. The molecule has 0 aromatic rings. The monoisotopic (exact) mass is 499 g/mol. The number of ether oxygens (including phenoxy) is 2. The molecule has 0 aliphatic carbocycles. The molecule has 0 aliphatic heterocycles. The van der Waals surface area contributed by atoms with Gasteiger partial charge in [-0.3, -0.25) is 13.8 Å². The molecule has 5 N–H and O–H groups in total. The SMILES string of the molecule is CCCCCCCCCCCCCC(COCC(O)COP(=O)(O)OCC(N)C(=O)O)OC. The van der Waals surface area contributed by atoms with Crippen LogP contribution in [0.1, 0.15) is 84.0 Å². The van der Waals surface area contributed by atoms with E-state index in [1.807, 2.05) is 0 Å². The number of phosphoric acid groups is 1. The van der Waals surface area contributed by atoms with E-state index in [0.29, 0.717) is 6.61 Å². The summed E-state index contributed by atoms with van der Waals surface area (Å²) >= 11 is 0. The number of unbranched alkanes of at least 4 members (excludes halogenated alkanes) is 10. The van der Waals surface area contributed by atoms with Gasteiger partial charge in [-0.15, -0.1) is 0 Å². The van der Waals surface area contributed by atoms with Gasteiger partial charge < -0.3 is 30.3 Å². The molecule has 0 heterocycles. The number of aliphatic hydroxyl groups is 1. The van der Waals surface area contributed by atoms with Crippen LogP contribution in [0.5, 0.6) is 0 Å². The number of aliphatic carboxylic acids is 1. The second-order valence-electron chi connectivity index (χ2n) is 8.38. The highest BCUT2D eigenvalue weighted by atomic mass is 31.2. The fraction of sp³-hybridized carbons (Fsp3) is 0.955. The van der Waals surface area contributed by atoms with Gasteiger partial charge in [-0.05, 0) is 6.42 Å². The molecule has 198 valence electrons. The predicted octanol–water partition coefficient (Wildman–Crippen LogP) is 3.63. The van der Waals surface area contributed by atoms with Crippen molar-refractivity contribution >= 4 is 13.8 Å². The molecular weight excluding hydrogens is 453 g/mol. The second-order valence-corrected chi connectivity index (χ2v) is 9.83.